The number of fused-ring (bicyclic) bond motifs is 1. The van der Waals surface area contributed by atoms with Crippen molar-refractivity contribution < 1.29 is 50.2 Å². The van der Waals surface area contributed by atoms with E-state index in [2.05, 4.69) is 5.32 Å². The van der Waals surface area contributed by atoms with Crippen LogP contribution in [0.4, 0.5) is 31.1 Å². The molecule has 262 valence electrons. The molecule has 49 heavy (non-hydrogen) atoms. The zero-order valence-corrected chi connectivity index (χ0v) is 26.9. The number of rotatable bonds is 8. The third kappa shape index (κ3) is 8.56. The fraction of sp³-hybridized carbons (Fsp3) is 0.400. The van der Waals surface area contributed by atoms with Crippen molar-refractivity contribution in [1.29, 1.82) is 0 Å². The Labute approximate surface area is 283 Å². The van der Waals surface area contributed by atoms with Crippen LogP contribution in [-0.2, 0) is 26.6 Å². The van der Waals surface area contributed by atoms with Gasteiger partial charge in [-0.15, -0.1) is 11.6 Å². The maximum atomic E-state index is 13.9. The Kier molecular flexibility index (Phi) is 10.9. The second-order valence-electron chi connectivity index (χ2n) is 12.2. The molecule has 2 fully saturated rings. The molecular weight excluding hydrogens is 678 g/mol. The van der Waals surface area contributed by atoms with Crippen LogP contribution >= 0.6 is 11.6 Å². The maximum Gasteiger partial charge on any atom is 0.416 e. The van der Waals surface area contributed by atoms with Gasteiger partial charge in [0, 0.05) is 19.0 Å². The van der Waals surface area contributed by atoms with Crippen molar-refractivity contribution in [2.45, 2.75) is 50.2 Å². The molecule has 5 rings (SSSR count). The maximum absolute atomic E-state index is 13.9. The van der Waals surface area contributed by atoms with E-state index in [0.717, 1.165) is 11.1 Å². The molecule has 2 aliphatic rings. The summed E-state index contributed by atoms with van der Waals surface area (Å²) in [5, 5.41) is 2.24. The van der Waals surface area contributed by atoms with Gasteiger partial charge in [-0.3, -0.25) is 10.1 Å². The summed E-state index contributed by atoms with van der Waals surface area (Å²) in [6.07, 6.45) is -11.7. The number of carbonyl (C=O) groups is 3. The third-order valence-corrected chi connectivity index (χ3v) is 9.32. The number of imide groups is 1. The van der Waals surface area contributed by atoms with Gasteiger partial charge in [0.25, 0.3) is 0 Å². The Morgan fingerprint density at radius 1 is 0.898 bits per heavy atom. The minimum atomic E-state index is -5.11. The van der Waals surface area contributed by atoms with Crippen molar-refractivity contribution in [3.05, 3.63) is 106 Å². The van der Waals surface area contributed by atoms with Gasteiger partial charge in [-0.05, 0) is 78.6 Å². The molecule has 1 N–H and O–H groups in total. The smallest absolute Gasteiger partial charge is 0.416 e. The number of hydrogen-bond acceptors (Lipinski definition) is 5. The molecule has 0 unspecified atom stereocenters. The van der Waals surface area contributed by atoms with E-state index in [1.165, 1.54) is 17.0 Å². The molecule has 1 aliphatic heterocycles. The Balaban J connectivity index is 1.53. The van der Waals surface area contributed by atoms with Crippen LogP contribution in [0, 0.1) is 18.8 Å². The number of nitrogens with zero attached hydrogens (tertiary/aromatic N) is 1. The van der Waals surface area contributed by atoms with Crippen LogP contribution in [0.15, 0.2) is 72.8 Å². The minimum absolute atomic E-state index is 0.0327. The number of nitrogens with one attached hydrogen (secondary N) is 1. The van der Waals surface area contributed by atoms with E-state index in [9.17, 15) is 40.7 Å². The summed E-state index contributed by atoms with van der Waals surface area (Å²) in [4.78, 5) is 39.1. The van der Waals surface area contributed by atoms with Gasteiger partial charge in [-0.1, -0.05) is 42.5 Å². The first-order valence-corrected chi connectivity index (χ1v) is 16.1. The molecular formula is C35H33ClF6N2O5. The molecule has 0 radical (unpaired) electrons. The van der Waals surface area contributed by atoms with Crippen LogP contribution in [0.1, 0.15) is 63.0 Å². The highest BCUT2D eigenvalue weighted by atomic mass is 35.5. The molecule has 14 heteroatoms. The van der Waals surface area contributed by atoms with Crippen LogP contribution in [0.3, 0.4) is 0 Å². The fourth-order valence-corrected chi connectivity index (χ4v) is 6.85. The summed E-state index contributed by atoms with van der Waals surface area (Å²) in [7, 11) is 0. The molecule has 0 aromatic heterocycles. The minimum Gasteiger partial charge on any atom is -0.459 e. The van der Waals surface area contributed by atoms with Gasteiger partial charge in [-0.2, -0.15) is 26.3 Å². The molecule has 1 heterocycles. The van der Waals surface area contributed by atoms with E-state index >= 15 is 0 Å². The predicted molar refractivity (Wildman–Crippen MR) is 167 cm³/mol. The van der Waals surface area contributed by atoms with E-state index in [1.807, 2.05) is 31.2 Å². The molecule has 0 bridgehead atoms. The number of hydrogen-bond donors (Lipinski definition) is 1. The van der Waals surface area contributed by atoms with Gasteiger partial charge in [0.1, 0.15) is 18.6 Å². The number of likely N-dealkylation sites (tertiary alicyclic amines) is 1. The van der Waals surface area contributed by atoms with Gasteiger partial charge < -0.3 is 14.4 Å². The largest absolute Gasteiger partial charge is 0.459 e. The first-order valence-electron chi connectivity index (χ1n) is 15.5. The highest BCUT2D eigenvalue weighted by Gasteiger charge is 2.48. The normalized spacial score (nSPS) is 21.5. The van der Waals surface area contributed by atoms with Crippen molar-refractivity contribution >= 4 is 29.5 Å². The number of carbonyl (C=O) groups excluding carboxylic acids is 3. The fourth-order valence-electron chi connectivity index (χ4n) is 6.78. The summed E-state index contributed by atoms with van der Waals surface area (Å²) in [5.74, 6) is -2.64. The van der Waals surface area contributed by atoms with Crippen LogP contribution in [0.25, 0.3) is 0 Å². The third-order valence-electron chi connectivity index (χ3n) is 9.07. The number of urea groups is 1. The van der Waals surface area contributed by atoms with E-state index in [0.29, 0.717) is 31.5 Å². The standard InChI is InChI=1S/C35H33ClF6N2O5/c1-20-7-5-6-10-26(20)31-27-18-44(33(47)43-30(45)16-36)17-22(27)11-12-28(31)49-29(19-48-32(46)21-8-3-2-4-9-21)23-13-24(34(37,38)39)15-25(14-23)35(40,41)42/h2-10,13-15,22,27-29,31H,11-12,16-19H2,1H3,(H,43,45,47)/t22-,27+,28+,29+,31+/m1/s1. The zero-order valence-electron chi connectivity index (χ0n) is 26.2. The van der Waals surface area contributed by atoms with Crippen molar-refractivity contribution in [2.75, 3.05) is 25.6 Å². The Hall–Kier alpha value is -4.10. The number of ether oxygens (including phenoxy) is 2. The first-order chi connectivity index (χ1) is 23.2. The van der Waals surface area contributed by atoms with Crippen molar-refractivity contribution in [2.24, 2.45) is 11.8 Å². The van der Waals surface area contributed by atoms with Crippen LogP contribution in [0.5, 0.6) is 0 Å². The Morgan fingerprint density at radius 2 is 1.53 bits per heavy atom. The van der Waals surface area contributed by atoms with E-state index < -0.39 is 77.6 Å². The molecule has 1 aliphatic carbocycles. The van der Waals surface area contributed by atoms with E-state index in [1.54, 1.807) is 18.2 Å². The lowest BCUT2D eigenvalue weighted by molar-refractivity contribution is -0.143. The number of alkyl halides is 7. The predicted octanol–water partition coefficient (Wildman–Crippen LogP) is 7.92. The second-order valence-corrected chi connectivity index (χ2v) is 12.5. The highest BCUT2D eigenvalue weighted by Crippen LogP contribution is 2.49. The average molecular weight is 711 g/mol. The summed E-state index contributed by atoms with van der Waals surface area (Å²) in [6, 6.07) is 15.7. The second kappa shape index (κ2) is 14.8. The average Bonchev–Trinajstić information content (AvgIpc) is 3.51. The first kappa shape index (κ1) is 36.2. The van der Waals surface area contributed by atoms with Gasteiger partial charge in [-0.25, -0.2) is 9.59 Å². The van der Waals surface area contributed by atoms with Crippen LogP contribution in [-0.4, -0.2) is 54.5 Å². The summed E-state index contributed by atoms with van der Waals surface area (Å²) in [6.45, 7) is 1.73. The van der Waals surface area contributed by atoms with Crippen molar-refractivity contribution in [3.63, 3.8) is 0 Å². The number of esters is 1. The number of amides is 3. The van der Waals surface area contributed by atoms with Gasteiger partial charge >= 0.3 is 24.4 Å². The lowest BCUT2D eigenvalue weighted by Crippen LogP contribution is -2.42. The number of halogens is 7. The molecule has 7 nitrogen and oxygen atoms in total. The molecule has 3 aromatic carbocycles. The topological polar surface area (TPSA) is 84.9 Å². The molecule has 0 spiro atoms. The van der Waals surface area contributed by atoms with Crippen LogP contribution < -0.4 is 5.32 Å². The monoisotopic (exact) mass is 710 g/mol. The lowest BCUT2D eigenvalue weighted by Gasteiger charge is -2.41. The van der Waals surface area contributed by atoms with Crippen molar-refractivity contribution in [1.82, 2.24) is 10.2 Å². The summed E-state index contributed by atoms with van der Waals surface area (Å²) >= 11 is 5.56. The van der Waals surface area contributed by atoms with Gasteiger partial charge in [0.2, 0.25) is 5.91 Å². The van der Waals surface area contributed by atoms with Crippen LogP contribution in [0.2, 0.25) is 0 Å². The SMILES string of the molecule is Cc1ccccc1[C@H]1[C@H]2CN(C(=O)NC(=O)CCl)C[C@H]2CC[C@@H]1O[C@@H](COC(=O)c1ccccc1)c1cc(C(F)(F)F)cc(C(F)(F)F)c1. The summed E-state index contributed by atoms with van der Waals surface area (Å²) < 4.78 is 95.4. The van der Waals surface area contributed by atoms with Gasteiger partial charge in [0.15, 0.2) is 0 Å². The molecule has 5 atom stereocenters. The number of aryl methyl sites for hydroxylation is 1. The van der Waals surface area contributed by atoms with Gasteiger partial charge in [0.05, 0.1) is 22.8 Å². The molecule has 1 saturated carbocycles. The molecule has 1 saturated heterocycles. The molecule has 3 aromatic rings. The Bertz CT molecular complexity index is 1640. The number of benzene rings is 3. The lowest BCUT2D eigenvalue weighted by atomic mass is 9.68. The molecule has 3 amide bonds. The quantitative estimate of drug-likeness (QED) is 0.146. The summed E-state index contributed by atoms with van der Waals surface area (Å²) in [5.41, 5.74) is -1.67. The van der Waals surface area contributed by atoms with E-state index in [-0.39, 0.29) is 30.0 Å². The van der Waals surface area contributed by atoms with Crippen molar-refractivity contribution in [3.8, 4) is 0 Å². The Morgan fingerprint density at radius 3 is 2.14 bits per heavy atom. The zero-order chi connectivity index (χ0) is 35.5. The van der Waals surface area contributed by atoms with E-state index in [4.69, 9.17) is 21.1 Å². The highest BCUT2D eigenvalue weighted by molar-refractivity contribution is 6.28.